The predicted molar refractivity (Wildman–Crippen MR) is 71.0 cm³/mol. The second kappa shape index (κ2) is 9.20. The number of aryl methyl sites for hydroxylation is 1. The molecule has 0 aliphatic rings. The van der Waals surface area contributed by atoms with Crippen LogP contribution in [-0.4, -0.2) is 19.5 Å². The maximum atomic E-state index is 5.51. The monoisotopic (exact) mass is 236 g/mol. The van der Waals surface area contributed by atoms with E-state index in [-0.39, 0.29) is 6.29 Å². The Bertz CT molecular complexity index is 266. The molecule has 1 rings (SSSR count). The van der Waals surface area contributed by atoms with E-state index >= 15 is 0 Å². The molecule has 0 aromatic heterocycles. The summed E-state index contributed by atoms with van der Waals surface area (Å²) in [5, 5.41) is 0. The Morgan fingerprint density at radius 3 is 2.18 bits per heavy atom. The Hall–Kier alpha value is -0.860. The largest absolute Gasteiger partial charge is 0.353 e. The summed E-state index contributed by atoms with van der Waals surface area (Å²) in [6.45, 7) is 5.47. The minimum absolute atomic E-state index is 0.0132. The van der Waals surface area contributed by atoms with Gasteiger partial charge >= 0.3 is 0 Å². The summed E-state index contributed by atoms with van der Waals surface area (Å²) in [5.41, 5.74) is 1.41. The quantitative estimate of drug-likeness (QED) is 0.479. The van der Waals surface area contributed by atoms with Crippen LogP contribution in [0.4, 0.5) is 0 Å². The van der Waals surface area contributed by atoms with Crippen LogP contribution in [0.15, 0.2) is 30.3 Å². The van der Waals surface area contributed by atoms with E-state index in [0.717, 1.165) is 32.5 Å². The lowest BCUT2D eigenvalue weighted by Crippen LogP contribution is -2.17. The van der Waals surface area contributed by atoms with Gasteiger partial charge in [-0.3, -0.25) is 0 Å². The SMILES string of the molecule is CCOC(CCCCc1ccccc1)OCC. The molecule has 0 fully saturated rings. The topological polar surface area (TPSA) is 18.5 Å². The Kier molecular flexibility index (Phi) is 7.69. The van der Waals surface area contributed by atoms with Crippen molar-refractivity contribution in [3.8, 4) is 0 Å². The van der Waals surface area contributed by atoms with Crippen molar-refractivity contribution in [1.29, 1.82) is 0 Å². The molecule has 1 aromatic rings. The molecule has 0 saturated carbocycles. The second-order valence-corrected chi connectivity index (χ2v) is 4.07. The van der Waals surface area contributed by atoms with Crippen LogP contribution in [0.3, 0.4) is 0 Å². The van der Waals surface area contributed by atoms with Gasteiger partial charge in [-0.15, -0.1) is 0 Å². The van der Waals surface area contributed by atoms with E-state index in [1.165, 1.54) is 12.0 Å². The first kappa shape index (κ1) is 14.2. The molecule has 0 N–H and O–H groups in total. The first-order valence-electron chi connectivity index (χ1n) is 6.64. The molecule has 2 heteroatoms. The van der Waals surface area contributed by atoms with Crippen molar-refractivity contribution < 1.29 is 9.47 Å². The zero-order valence-corrected chi connectivity index (χ0v) is 11.0. The molecule has 96 valence electrons. The first-order chi connectivity index (χ1) is 8.36. The first-order valence-corrected chi connectivity index (χ1v) is 6.64. The molecule has 0 bridgehead atoms. The molecule has 0 saturated heterocycles. The van der Waals surface area contributed by atoms with Crippen LogP contribution in [0.1, 0.15) is 38.7 Å². The molecule has 0 spiro atoms. The van der Waals surface area contributed by atoms with Crippen LogP contribution in [0.2, 0.25) is 0 Å². The van der Waals surface area contributed by atoms with Gasteiger partial charge in [0.25, 0.3) is 0 Å². The van der Waals surface area contributed by atoms with Crippen molar-refractivity contribution in [3.05, 3.63) is 35.9 Å². The lowest BCUT2D eigenvalue weighted by molar-refractivity contribution is -0.140. The molecule has 0 amide bonds. The van der Waals surface area contributed by atoms with Crippen LogP contribution in [0.25, 0.3) is 0 Å². The summed E-state index contributed by atoms with van der Waals surface area (Å²) >= 11 is 0. The third kappa shape index (κ3) is 6.44. The molecule has 0 atom stereocenters. The molecule has 0 unspecified atom stereocenters. The average molecular weight is 236 g/mol. The van der Waals surface area contributed by atoms with Crippen molar-refractivity contribution in [3.63, 3.8) is 0 Å². The fraction of sp³-hybridized carbons (Fsp3) is 0.600. The molecule has 17 heavy (non-hydrogen) atoms. The molecule has 2 nitrogen and oxygen atoms in total. The van der Waals surface area contributed by atoms with Gasteiger partial charge in [-0.05, 0) is 45.1 Å². The number of hydrogen-bond acceptors (Lipinski definition) is 2. The summed E-state index contributed by atoms with van der Waals surface area (Å²) in [4.78, 5) is 0. The van der Waals surface area contributed by atoms with Gasteiger partial charge in [-0.2, -0.15) is 0 Å². The fourth-order valence-corrected chi connectivity index (χ4v) is 1.87. The van der Waals surface area contributed by atoms with Gasteiger partial charge in [0.15, 0.2) is 6.29 Å². The Morgan fingerprint density at radius 2 is 1.59 bits per heavy atom. The third-order valence-corrected chi connectivity index (χ3v) is 2.70. The second-order valence-electron chi connectivity index (χ2n) is 4.07. The van der Waals surface area contributed by atoms with Crippen LogP contribution in [0, 0.1) is 0 Å². The van der Waals surface area contributed by atoms with E-state index in [2.05, 4.69) is 30.3 Å². The van der Waals surface area contributed by atoms with Gasteiger partial charge < -0.3 is 9.47 Å². The number of rotatable bonds is 9. The van der Waals surface area contributed by atoms with E-state index < -0.39 is 0 Å². The minimum Gasteiger partial charge on any atom is -0.353 e. The Balaban J connectivity index is 2.13. The van der Waals surface area contributed by atoms with Crippen LogP contribution in [0.5, 0.6) is 0 Å². The molecular formula is C15H24O2. The van der Waals surface area contributed by atoms with Crippen molar-refractivity contribution in [2.24, 2.45) is 0 Å². The van der Waals surface area contributed by atoms with Crippen molar-refractivity contribution in [2.45, 2.75) is 45.8 Å². The molecule has 0 radical (unpaired) electrons. The van der Waals surface area contributed by atoms with Gasteiger partial charge in [0.2, 0.25) is 0 Å². The van der Waals surface area contributed by atoms with Crippen molar-refractivity contribution in [1.82, 2.24) is 0 Å². The highest BCUT2D eigenvalue weighted by Gasteiger charge is 2.06. The highest BCUT2D eigenvalue weighted by atomic mass is 16.7. The van der Waals surface area contributed by atoms with Crippen LogP contribution >= 0.6 is 0 Å². The van der Waals surface area contributed by atoms with E-state index in [0.29, 0.717) is 0 Å². The molecule has 0 heterocycles. The van der Waals surface area contributed by atoms with E-state index in [9.17, 15) is 0 Å². The molecule has 0 aliphatic carbocycles. The zero-order valence-electron chi connectivity index (χ0n) is 11.0. The maximum absolute atomic E-state index is 5.51. The van der Waals surface area contributed by atoms with E-state index in [1.54, 1.807) is 0 Å². The smallest absolute Gasteiger partial charge is 0.157 e. The fourth-order valence-electron chi connectivity index (χ4n) is 1.87. The van der Waals surface area contributed by atoms with Gasteiger partial charge in [-0.25, -0.2) is 0 Å². The third-order valence-electron chi connectivity index (χ3n) is 2.70. The summed E-state index contributed by atoms with van der Waals surface area (Å²) in [6, 6.07) is 10.6. The van der Waals surface area contributed by atoms with E-state index in [1.807, 2.05) is 13.8 Å². The van der Waals surface area contributed by atoms with E-state index in [4.69, 9.17) is 9.47 Å². The normalized spacial score (nSPS) is 11.0. The highest BCUT2D eigenvalue weighted by Crippen LogP contribution is 2.10. The molecule has 1 aromatic carbocycles. The number of benzene rings is 1. The minimum atomic E-state index is -0.0132. The van der Waals surface area contributed by atoms with Crippen LogP contribution < -0.4 is 0 Å². The number of hydrogen-bond donors (Lipinski definition) is 0. The number of unbranched alkanes of at least 4 members (excludes halogenated alkanes) is 1. The number of ether oxygens (including phenoxy) is 2. The molecular weight excluding hydrogens is 212 g/mol. The van der Waals surface area contributed by atoms with Gasteiger partial charge in [-0.1, -0.05) is 30.3 Å². The highest BCUT2D eigenvalue weighted by molar-refractivity contribution is 5.14. The van der Waals surface area contributed by atoms with Crippen LogP contribution in [-0.2, 0) is 15.9 Å². The van der Waals surface area contributed by atoms with Crippen molar-refractivity contribution in [2.75, 3.05) is 13.2 Å². The van der Waals surface area contributed by atoms with Gasteiger partial charge in [0.05, 0.1) is 0 Å². The summed E-state index contributed by atoms with van der Waals surface area (Å²) in [6.07, 6.45) is 4.47. The van der Waals surface area contributed by atoms with Gasteiger partial charge in [0.1, 0.15) is 0 Å². The maximum Gasteiger partial charge on any atom is 0.157 e. The Morgan fingerprint density at radius 1 is 0.941 bits per heavy atom. The Labute approximate surface area is 105 Å². The summed E-state index contributed by atoms with van der Waals surface area (Å²) in [5.74, 6) is 0. The lowest BCUT2D eigenvalue weighted by atomic mass is 10.1. The van der Waals surface area contributed by atoms with Crippen molar-refractivity contribution >= 4 is 0 Å². The summed E-state index contributed by atoms with van der Waals surface area (Å²) in [7, 11) is 0. The zero-order chi connectivity index (χ0) is 12.3. The summed E-state index contributed by atoms with van der Waals surface area (Å²) < 4.78 is 11.0. The van der Waals surface area contributed by atoms with Gasteiger partial charge in [0, 0.05) is 13.2 Å². The standard InChI is InChI=1S/C15H24O2/c1-3-16-15(17-4-2)13-9-8-12-14-10-6-5-7-11-14/h5-7,10-11,15H,3-4,8-9,12-13H2,1-2H3. The molecule has 0 aliphatic heterocycles. The predicted octanol–water partition coefficient (Wildman–Crippen LogP) is 3.80. The average Bonchev–Trinajstić information content (AvgIpc) is 2.36. The lowest BCUT2D eigenvalue weighted by Gasteiger charge is -2.16.